The maximum absolute atomic E-state index is 13.8. The predicted molar refractivity (Wildman–Crippen MR) is 80.2 cm³/mol. The molecule has 0 saturated carbocycles. The third kappa shape index (κ3) is 2.80. The van der Waals surface area contributed by atoms with Gasteiger partial charge in [-0.3, -0.25) is 0 Å². The Hall–Kier alpha value is -2.75. The van der Waals surface area contributed by atoms with Crippen molar-refractivity contribution in [3.8, 4) is 11.3 Å². The molecular weight excluding hydrogens is 253 g/mol. The molecule has 2 rings (SSSR count). The summed E-state index contributed by atoms with van der Waals surface area (Å²) in [5, 5.41) is 0. The third-order valence-electron chi connectivity index (χ3n) is 2.75. The van der Waals surface area contributed by atoms with Gasteiger partial charge >= 0.3 is 0 Å². The summed E-state index contributed by atoms with van der Waals surface area (Å²) in [6.07, 6.45) is 6.29. The van der Waals surface area contributed by atoms with Crippen LogP contribution in [0, 0.1) is 5.82 Å². The van der Waals surface area contributed by atoms with E-state index in [0.29, 0.717) is 5.56 Å². The molecule has 0 radical (unpaired) electrons. The second-order valence-electron chi connectivity index (χ2n) is 4.07. The van der Waals surface area contributed by atoms with Gasteiger partial charge in [0.1, 0.15) is 5.69 Å². The molecule has 0 saturated heterocycles. The van der Waals surface area contributed by atoms with Crippen molar-refractivity contribution in [3.05, 3.63) is 73.2 Å². The molecule has 1 heterocycles. The van der Waals surface area contributed by atoms with Gasteiger partial charge in [0.05, 0.1) is 6.20 Å². The maximum Gasteiger partial charge on any atom is 0.220 e. The van der Waals surface area contributed by atoms with Crippen LogP contribution in [0.15, 0.2) is 61.8 Å². The molecule has 0 aliphatic heterocycles. The van der Waals surface area contributed by atoms with Crippen molar-refractivity contribution in [3.63, 3.8) is 0 Å². The second kappa shape index (κ2) is 5.93. The highest BCUT2D eigenvalue weighted by molar-refractivity contribution is 5.77. The average molecular weight is 267 g/mol. The molecule has 2 N–H and O–H groups in total. The number of aromatic nitrogens is 2. The number of hydrogen-bond donors (Lipinski definition) is 1. The first kappa shape index (κ1) is 13.7. The number of hydrogen-bond acceptors (Lipinski definition) is 3. The van der Waals surface area contributed by atoms with Gasteiger partial charge < -0.3 is 5.73 Å². The Kier molecular flexibility index (Phi) is 4.05. The van der Waals surface area contributed by atoms with Gasteiger partial charge in [-0.2, -0.15) is 0 Å². The Bertz CT molecular complexity index is 690. The van der Waals surface area contributed by atoms with E-state index in [0.717, 1.165) is 17.3 Å². The number of nitrogens with two attached hydrogens (primary N) is 1. The summed E-state index contributed by atoms with van der Waals surface area (Å²) in [4.78, 5) is 7.56. The summed E-state index contributed by atoms with van der Waals surface area (Å²) in [6.45, 7) is 7.41. The zero-order valence-electron chi connectivity index (χ0n) is 10.9. The third-order valence-corrected chi connectivity index (χ3v) is 2.75. The molecule has 0 unspecified atom stereocenters. The molecule has 3 nitrogen and oxygen atoms in total. The van der Waals surface area contributed by atoms with E-state index in [9.17, 15) is 4.39 Å². The molecule has 1 aromatic heterocycles. The van der Waals surface area contributed by atoms with E-state index < -0.39 is 5.82 Å². The molecule has 20 heavy (non-hydrogen) atoms. The Morgan fingerprint density at radius 1 is 1.30 bits per heavy atom. The molecule has 0 fully saturated rings. The molecule has 0 atom stereocenters. The van der Waals surface area contributed by atoms with E-state index in [4.69, 9.17) is 5.73 Å². The van der Waals surface area contributed by atoms with Crippen LogP contribution in [0.25, 0.3) is 16.8 Å². The van der Waals surface area contributed by atoms with E-state index >= 15 is 0 Å². The number of nitrogen functional groups attached to an aromatic ring is 1. The lowest BCUT2D eigenvalue weighted by atomic mass is 10.0. The number of allylic oxidation sites excluding steroid dienone is 4. The smallest absolute Gasteiger partial charge is 0.220 e. The molecular formula is C16H14FN3. The van der Waals surface area contributed by atoms with Crippen molar-refractivity contribution in [2.45, 2.75) is 0 Å². The number of anilines is 1. The van der Waals surface area contributed by atoms with Crippen LogP contribution in [-0.2, 0) is 0 Å². The molecule has 0 spiro atoms. The van der Waals surface area contributed by atoms with Crippen molar-refractivity contribution in [1.29, 1.82) is 0 Å². The monoisotopic (exact) mass is 267 g/mol. The number of rotatable bonds is 4. The van der Waals surface area contributed by atoms with E-state index in [1.54, 1.807) is 18.2 Å². The summed E-state index contributed by atoms with van der Waals surface area (Å²) < 4.78 is 13.8. The molecule has 100 valence electrons. The summed E-state index contributed by atoms with van der Waals surface area (Å²) in [5.41, 5.74) is 8.11. The van der Waals surface area contributed by atoms with E-state index in [1.807, 2.05) is 24.3 Å². The van der Waals surface area contributed by atoms with Crippen LogP contribution in [0.2, 0.25) is 0 Å². The Balaban J connectivity index is 2.54. The van der Waals surface area contributed by atoms with Gasteiger partial charge in [-0.25, -0.2) is 14.4 Å². The van der Waals surface area contributed by atoms with Crippen LogP contribution >= 0.6 is 0 Å². The second-order valence-corrected chi connectivity index (χ2v) is 4.07. The van der Waals surface area contributed by atoms with Gasteiger partial charge in [0.25, 0.3) is 0 Å². The van der Waals surface area contributed by atoms with Crippen LogP contribution in [-0.4, -0.2) is 9.97 Å². The fraction of sp³-hybridized carbons (Fsp3) is 0. The minimum atomic E-state index is -0.510. The van der Waals surface area contributed by atoms with E-state index in [2.05, 4.69) is 23.1 Å². The Labute approximate surface area is 117 Å². The van der Waals surface area contributed by atoms with Gasteiger partial charge in [0.2, 0.25) is 5.95 Å². The Morgan fingerprint density at radius 3 is 2.80 bits per heavy atom. The molecule has 1 aromatic carbocycles. The summed E-state index contributed by atoms with van der Waals surface area (Å²) >= 11 is 0. The maximum atomic E-state index is 13.8. The van der Waals surface area contributed by atoms with Crippen LogP contribution in [0.3, 0.4) is 0 Å². The summed E-state index contributed by atoms with van der Waals surface area (Å²) in [7, 11) is 0. The molecule has 4 heteroatoms. The van der Waals surface area contributed by atoms with Crippen LogP contribution < -0.4 is 5.73 Å². The van der Waals surface area contributed by atoms with Crippen molar-refractivity contribution in [1.82, 2.24) is 9.97 Å². The predicted octanol–water partition coefficient (Wildman–Crippen LogP) is 3.62. The van der Waals surface area contributed by atoms with Crippen molar-refractivity contribution in [2.75, 3.05) is 5.73 Å². The van der Waals surface area contributed by atoms with E-state index in [-0.39, 0.29) is 11.6 Å². The minimum absolute atomic E-state index is 0.0392. The van der Waals surface area contributed by atoms with Crippen LogP contribution in [0.1, 0.15) is 5.56 Å². The topological polar surface area (TPSA) is 51.8 Å². The number of halogens is 1. The number of nitrogens with zero attached hydrogens (tertiary/aromatic N) is 2. The lowest BCUT2D eigenvalue weighted by Crippen LogP contribution is -1.99. The highest BCUT2D eigenvalue weighted by atomic mass is 19.1. The van der Waals surface area contributed by atoms with Crippen molar-refractivity contribution >= 4 is 11.5 Å². The highest BCUT2D eigenvalue weighted by Gasteiger charge is 2.09. The first-order valence-electron chi connectivity index (χ1n) is 5.99. The largest absolute Gasteiger partial charge is 0.368 e. The standard InChI is InChI=1S/C16H14FN3/c1-3-6-11(4-2)12-7-5-8-13(9-12)15-14(17)10-19-16(18)20-15/h3-10H,1-2H2,(H2,18,19,20)/b11-6+. The quantitative estimate of drug-likeness (QED) is 0.861. The molecule has 0 aliphatic carbocycles. The molecule has 0 aliphatic rings. The highest BCUT2D eigenvalue weighted by Crippen LogP contribution is 2.25. The van der Waals surface area contributed by atoms with Crippen molar-refractivity contribution < 1.29 is 4.39 Å². The fourth-order valence-electron chi connectivity index (χ4n) is 1.84. The summed E-state index contributed by atoms with van der Waals surface area (Å²) in [6, 6.07) is 7.32. The Morgan fingerprint density at radius 2 is 2.10 bits per heavy atom. The first-order valence-corrected chi connectivity index (χ1v) is 5.99. The average Bonchev–Trinajstić information content (AvgIpc) is 2.47. The van der Waals surface area contributed by atoms with Gasteiger partial charge in [0, 0.05) is 5.56 Å². The molecule has 0 bridgehead atoms. The van der Waals surface area contributed by atoms with Gasteiger partial charge in [-0.15, -0.1) is 0 Å². The fourth-order valence-corrected chi connectivity index (χ4v) is 1.84. The zero-order chi connectivity index (χ0) is 14.5. The lowest BCUT2D eigenvalue weighted by Gasteiger charge is -2.07. The molecule has 0 amide bonds. The van der Waals surface area contributed by atoms with E-state index in [1.165, 1.54) is 0 Å². The van der Waals surface area contributed by atoms with Gasteiger partial charge in [-0.05, 0) is 17.2 Å². The minimum Gasteiger partial charge on any atom is -0.368 e. The van der Waals surface area contributed by atoms with Crippen LogP contribution in [0.4, 0.5) is 10.3 Å². The lowest BCUT2D eigenvalue weighted by molar-refractivity contribution is 0.619. The zero-order valence-corrected chi connectivity index (χ0v) is 10.9. The van der Waals surface area contributed by atoms with Gasteiger partial charge in [0.15, 0.2) is 5.82 Å². The molecule has 2 aromatic rings. The number of benzene rings is 1. The SMILES string of the molecule is C=C/C=C(\C=C)c1cccc(-c2nc(N)ncc2F)c1. The normalized spacial score (nSPS) is 11.2. The van der Waals surface area contributed by atoms with Crippen molar-refractivity contribution in [2.24, 2.45) is 0 Å². The van der Waals surface area contributed by atoms with Crippen LogP contribution in [0.5, 0.6) is 0 Å². The summed E-state index contributed by atoms with van der Waals surface area (Å²) in [5.74, 6) is -0.471. The van der Waals surface area contributed by atoms with Gasteiger partial charge in [-0.1, -0.05) is 49.6 Å². The first-order chi connectivity index (χ1) is 9.65.